The summed E-state index contributed by atoms with van der Waals surface area (Å²) in [7, 11) is 0. The molecule has 0 bridgehead atoms. The molecule has 0 aromatic heterocycles. The predicted octanol–water partition coefficient (Wildman–Crippen LogP) is 1.43. The molecule has 1 rings (SSSR count). The Balaban J connectivity index is 1.93. The van der Waals surface area contributed by atoms with Crippen molar-refractivity contribution in [2.24, 2.45) is 5.92 Å². The molecule has 1 aliphatic heterocycles. The monoisotopic (exact) mass is 201 g/mol. The van der Waals surface area contributed by atoms with E-state index >= 15 is 0 Å². The molecule has 14 heavy (non-hydrogen) atoms. The van der Waals surface area contributed by atoms with Crippen molar-refractivity contribution in [1.82, 2.24) is 5.32 Å². The van der Waals surface area contributed by atoms with Crippen LogP contribution in [0.3, 0.4) is 0 Å². The molecule has 1 heterocycles. The lowest BCUT2D eigenvalue weighted by atomic mass is 10.2. The minimum absolute atomic E-state index is 0.351. The van der Waals surface area contributed by atoms with Crippen molar-refractivity contribution in [3.8, 4) is 0 Å². The fraction of sp³-hybridized carbons (Fsp3) is 1.00. The van der Waals surface area contributed by atoms with Gasteiger partial charge in [0.05, 0.1) is 19.3 Å². The zero-order chi connectivity index (χ0) is 10.2. The summed E-state index contributed by atoms with van der Waals surface area (Å²) < 4.78 is 11.0. The van der Waals surface area contributed by atoms with Crippen LogP contribution in [0.4, 0.5) is 0 Å². The maximum atomic E-state index is 5.73. The first-order chi connectivity index (χ1) is 6.83. The lowest BCUT2D eigenvalue weighted by Gasteiger charge is -2.15. The van der Waals surface area contributed by atoms with Gasteiger partial charge in [-0.15, -0.1) is 0 Å². The van der Waals surface area contributed by atoms with Gasteiger partial charge in [-0.2, -0.15) is 0 Å². The van der Waals surface area contributed by atoms with Gasteiger partial charge < -0.3 is 14.8 Å². The van der Waals surface area contributed by atoms with Crippen molar-refractivity contribution in [3.05, 3.63) is 0 Å². The first-order valence-electron chi connectivity index (χ1n) is 5.73. The van der Waals surface area contributed by atoms with E-state index < -0.39 is 0 Å². The number of hydrogen-bond acceptors (Lipinski definition) is 3. The van der Waals surface area contributed by atoms with Gasteiger partial charge in [-0.05, 0) is 31.8 Å². The largest absolute Gasteiger partial charge is 0.379 e. The number of ether oxygens (including phenoxy) is 2. The lowest BCUT2D eigenvalue weighted by Crippen LogP contribution is -2.26. The number of nitrogens with one attached hydrogen (secondary N) is 1. The van der Waals surface area contributed by atoms with E-state index in [-0.39, 0.29) is 0 Å². The second kappa shape index (κ2) is 7.21. The molecule has 0 aliphatic carbocycles. The molecule has 0 aromatic carbocycles. The van der Waals surface area contributed by atoms with Crippen LogP contribution in [0.5, 0.6) is 0 Å². The minimum Gasteiger partial charge on any atom is -0.379 e. The zero-order valence-electron chi connectivity index (χ0n) is 9.42. The van der Waals surface area contributed by atoms with Crippen molar-refractivity contribution in [3.63, 3.8) is 0 Å². The molecule has 1 fully saturated rings. The summed E-state index contributed by atoms with van der Waals surface area (Å²) in [6, 6.07) is 0. The highest BCUT2D eigenvalue weighted by Gasteiger charge is 2.16. The van der Waals surface area contributed by atoms with Crippen LogP contribution < -0.4 is 5.32 Å². The summed E-state index contributed by atoms with van der Waals surface area (Å²) in [5.74, 6) is 0.599. The van der Waals surface area contributed by atoms with Gasteiger partial charge in [0.2, 0.25) is 0 Å². The van der Waals surface area contributed by atoms with Crippen LogP contribution in [0.1, 0.15) is 26.7 Å². The van der Waals surface area contributed by atoms with Crippen LogP contribution in [-0.4, -0.2) is 39.0 Å². The summed E-state index contributed by atoms with van der Waals surface area (Å²) in [5, 5.41) is 3.40. The Labute approximate surface area is 87.2 Å². The maximum Gasteiger partial charge on any atom is 0.0830 e. The smallest absolute Gasteiger partial charge is 0.0830 e. The normalized spacial score (nSPS) is 24.0. The molecule has 2 unspecified atom stereocenters. The third-order valence-electron chi connectivity index (χ3n) is 2.42. The quantitative estimate of drug-likeness (QED) is 0.632. The molecule has 0 aromatic rings. The van der Waals surface area contributed by atoms with Crippen molar-refractivity contribution in [2.75, 3.05) is 32.9 Å². The number of rotatable bonds is 7. The first kappa shape index (κ1) is 12.0. The molecule has 0 radical (unpaired) electrons. The van der Waals surface area contributed by atoms with Crippen LogP contribution in [0.15, 0.2) is 0 Å². The molecule has 1 N–H and O–H groups in total. The van der Waals surface area contributed by atoms with Gasteiger partial charge in [0, 0.05) is 6.61 Å². The van der Waals surface area contributed by atoms with E-state index in [0.717, 1.165) is 39.3 Å². The van der Waals surface area contributed by atoms with E-state index in [1.807, 2.05) is 0 Å². The van der Waals surface area contributed by atoms with Crippen LogP contribution in [0, 0.1) is 5.92 Å². The Bertz CT molecular complexity index is 135. The minimum atomic E-state index is 0.351. The average molecular weight is 201 g/mol. The van der Waals surface area contributed by atoms with E-state index in [0.29, 0.717) is 12.0 Å². The standard InChI is InChI=1S/C11H23NO2/c1-3-5-12-7-10(2)8-14-11-4-6-13-9-11/h10-12H,3-9H2,1-2H3. The van der Waals surface area contributed by atoms with Crippen LogP contribution in [0.25, 0.3) is 0 Å². The first-order valence-corrected chi connectivity index (χ1v) is 5.73. The van der Waals surface area contributed by atoms with E-state index in [1.54, 1.807) is 0 Å². The van der Waals surface area contributed by atoms with E-state index in [4.69, 9.17) is 9.47 Å². The summed E-state index contributed by atoms with van der Waals surface area (Å²) >= 11 is 0. The molecule has 2 atom stereocenters. The highest BCUT2D eigenvalue weighted by Crippen LogP contribution is 2.09. The molecule has 84 valence electrons. The second-order valence-electron chi connectivity index (χ2n) is 4.13. The Morgan fingerprint density at radius 1 is 1.57 bits per heavy atom. The number of hydrogen-bond donors (Lipinski definition) is 1. The highest BCUT2D eigenvalue weighted by molar-refractivity contribution is 4.64. The van der Waals surface area contributed by atoms with Crippen LogP contribution in [0.2, 0.25) is 0 Å². The van der Waals surface area contributed by atoms with Crippen molar-refractivity contribution < 1.29 is 9.47 Å². The summed E-state index contributed by atoms with van der Waals surface area (Å²) in [4.78, 5) is 0. The Morgan fingerprint density at radius 3 is 3.07 bits per heavy atom. The Kier molecular flexibility index (Phi) is 6.15. The zero-order valence-corrected chi connectivity index (χ0v) is 9.42. The molecule has 1 aliphatic rings. The second-order valence-corrected chi connectivity index (χ2v) is 4.13. The Morgan fingerprint density at radius 2 is 2.43 bits per heavy atom. The molecule has 1 saturated heterocycles. The summed E-state index contributed by atoms with van der Waals surface area (Å²) in [5.41, 5.74) is 0. The van der Waals surface area contributed by atoms with Gasteiger partial charge in [-0.3, -0.25) is 0 Å². The van der Waals surface area contributed by atoms with Gasteiger partial charge in [-0.1, -0.05) is 13.8 Å². The topological polar surface area (TPSA) is 30.5 Å². The van der Waals surface area contributed by atoms with Gasteiger partial charge in [0.25, 0.3) is 0 Å². The van der Waals surface area contributed by atoms with Crippen molar-refractivity contribution >= 4 is 0 Å². The molecule has 0 amide bonds. The molecule has 3 nitrogen and oxygen atoms in total. The molecule has 0 spiro atoms. The molecule has 0 saturated carbocycles. The van der Waals surface area contributed by atoms with E-state index in [1.165, 1.54) is 6.42 Å². The van der Waals surface area contributed by atoms with Gasteiger partial charge >= 0.3 is 0 Å². The third-order valence-corrected chi connectivity index (χ3v) is 2.42. The summed E-state index contributed by atoms with van der Waals surface area (Å²) in [6.45, 7) is 9.08. The Hall–Kier alpha value is -0.120. The molecule has 3 heteroatoms. The van der Waals surface area contributed by atoms with Gasteiger partial charge in [-0.25, -0.2) is 0 Å². The van der Waals surface area contributed by atoms with Gasteiger partial charge in [0.15, 0.2) is 0 Å². The average Bonchev–Trinajstić information content (AvgIpc) is 2.68. The highest BCUT2D eigenvalue weighted by atomic mass is 16.5. The van der Waals surface area contributed by atoms with E-state index in [9.17, 15) is 0 Å². The fourth-order valence-corrected chi connectivity index (χ4v) is 1.53. The van der Waals surface area contributed by atoms with Crippen molar-refractivity contribution in [1.29, 1.82) is 0 Å². The maximum absolute atomic E-state index is 5.73. The van der Waals surface area contributed by atoms with Crippen LogP contribution >= 0.6 is 0 Å². The fourth-order valence-electron chi connectivity index (χ4n) is 1.53. The lowest BCUT2D eigenvalue weighted by molar-refractivity contribution is 0.0252. The van der Waals surface area contributed by atoms with E-state index in [2.05, 4.69) is 19.2 Å². The predicted molar refractivity (Wildman–Crippen MR) is 57.5 cm³/mol. The SMILES string of the molecule is CCCNCC(C)COC1CCOC1. The third kappa shape index (κ3) is 4.94. The molecular formula is C11H23NO2. The van der Waals surface area contributed by atoms with Crippen LogP contribution in [-0.2, 0) is 9.47 Å². The van der Waals surface area contributed by atoms with Gasteiger partial charge in [0.1, 0.15) is 0 Å². The molecular weight excluding hydrogens is 178 g/mol. The summed E-state index contributed by atoms with van der Waals surface area (Å²) in [6.07, 6.45) is 2.61. The van der Waals surface area contributed by atoms with Crippen molar-refractivity contribution in [2.45, 2.75) is 32.8 Å².